The SMILES string of the molecule is Fc1ccc(Cc2noc(CC3CSCCN3)n2)cc1. The number of hydrogen-bond acceptors (Lipinski definition) is 5. The fourth-order valence-corrected chi connectivity index (χ4v) is 3.14. The minimum absolute atomic E-state index is 0.233. The van der Waals surface area contributed by atoms with Gasteiger partial charge in [-0.3, -0.25) is 0 Å². The molecule has 0 aliphatic carbocycles. The Kier molecular flexibility index (Phi) is 4.32. The second-order valence-corrected chi connectivity index (χ2v) is 5.99. The van der Waals surface area contributed by atoms with Crippen LogP contribution in [0.2, 0.25) is 0 Å². The molecule has 0 saturated carbocycles. The molecule has 2 aromatic rings. The highest BCUT2D eigenvalue weighted by Gasteiger charge is 2.17. The topological polar surface area (TPSA) is 51.0 Å². The van der Waals surface area contributed by atoms with Gasteiger partial charge in [-0.2, -0.15) is 16.7 Å². The van der Waals surface area contributed by atoms with Gasteiger partial charge in [0.15, 0.2) is 5.82 Å². The van der Waals surface area contributed by atoms with E-state index in [-0.39, 0.29) is 5.82 Å². The number of thioether (sulfide) groups is 1. The molecule has 0 amide bonds. The summed E-state index contributed by atoms with van der Waals surface area (Å²) in [7, 11) is 0. The van der Waals surface area contributed by atoms with Gasteiger partial charge in [-0.1, -0.05) is 17.3 Å². The second kappa shape index (κ2) is 6.37. The van der Waals surface area contributed by atoms with Crippen molar-refractivity contribution in [2.45, 2.75) is 18.9 Å². The van der Waals surface area contributed by atoms with Gasteiger partial charge in [0.2, 0.25) is 5.89 Å². The molecule has 2 heterocycles. The number of nitrogens with zero attached hydrogens (tertiary/aromatic N) is 2. The van der Waals surface area contributed by atoms with Crippen molar-refractivity contribution in [1.29, 1.82) is 0 Å². The maximum Gasteiger partial charge on any atom is 0.228 e. The number of nitrogens with one attached hydrogen (secondary N) is 1. The van der Waals surface area contributed by atoms with Gasteiger partial charge in [-0.15, -0.1) is 0 Å². The minimum atomic E-state index is -0.233. The van der Waals surface area contributed by atoms with E-state index < -0.39 is 0 Å². The molecular formula is C14H16FN3OS. The monoisotopic (exact) mass is 293 g/mol. The average Bonchev–Trinajstić information content (AvgIpc) is 2.90. The molecule has 20 heavy (non-hydrogen) atoms. The van der Waals surface area contributed by atoms with Crippen LogP contribution in [-0.2, 0) is 12.8 Å². The van der Waals surface area contributed by atoms with Gasteiger partial charge in [0.1, 0.15) is 5.82 Å². The zero-order valence-corrected chi connectivity index (χ0v) is 11.8. The van der Waals surface area contributed by atoms with Crippen LogP contribution in [0.4, 0.5) is 4.39 Å². The summed E-state index contributed by atoms with van der Waals surface area (Å²) in [5.74, 6) is 3.33. The largest absolute Gasteiger partial charge is 0.339 e. The maximum atomic E-state index is 12.8. The van der Waals surface area contributed by atoms with Gasteiger partial charge in [-0.25, -0.2) is 4.39 Å². The normalized spacial score (nSPS) is 19.1. The third-order valence-electron chi connectivity index (χ3n) is 3.21. The van der Waals surface area contributed by atoms with Crippen LogP contribution in [0, 0.1) is 5.82 Å². The minimum Gasteiger partial charge on any atom is -0.339 e. The first-order valence-corrected chi connectivity index (χ1v) is 7.82. The van der Waals surface area contributed by atoms with Crippen LogP contribution in [0.25, 0.3) is 0 Å². The van der Waals surface area contributed by atoms with E-state index in [9.17, 15) is 4.39 Å². The van der Waals surface area contributed by atoms with Crippen molar-refractivity contribution in [1.82, 2.24) is 15.5 Å². The number of benzene rings is 1. The summed E-state index contributed by atoms with van der Waals surface area (Å²) in [6.07, 6.45) is 1.33. The summed E-state index contributed by atoms with van der Waals surface area (Å²) in [6, 6.07) is 6.78. The predicted molar refractivity (Wildman–Crippen MR) is 76.3 cm³/mol. The van der Waals surface area contributed by atoms with Crippen molar-refractivity contribution in [2.24, 2.45) is 0 Å². The molecule has 1 atom stereocenters. The molecule has 1 saturated heterocycles. The Morgan fingerprint density at radius 3 is 2.95 bits per heavy atom. The van der Waals surface area contributed by atoms with Gasteiger partial charge in [0.25, 0.3) is 0 Å². The van der Waals surface area contributed by atoms with Gasteiger partial charge in [0.05, 0.1) is 0 Å². The van der Waals surface area contributed by atoms with E-state index in [0.29, 0.717) is 24.2 Å². The summed E-state index contributed by atoms with van der Waals surface area (Å²) in [6.45, 7) is 1.03. The molecule has 0 spiro atoms. The van der Waals surface area contributed by atoms with Gasteiger partial charge in [0, 0.05) is 36.9 Å². The average molecular weight is 293 g/mol. The van der Waals surface area contributed by atoms with Crippen LogP contribution in [0.3, 0.4) is 0 Å². The van der Waals surface area contributed by atoms with Crippen LogP contribution < -0.4 is 5.32 Å². The van der Waals surface area contributed by atoms with Crippen molar-refractivity contribution in [2.75, 3.05) is 18.1 Å². The number of aromatic nitrogens is 2. The smallest absolute Gasteiger partial charge is 0.228 e. The third kappa shape index (κ3) is 3.58. The fourth-order valence-electron chi connectivity index (χ4n) is 2.19. The highest BCUT2D eigenvalue weighted by molar-refractivity contribution is 7.99. The van der Waals surface area contributed by atoms with Crippen molar-refractivity contribution in [3.8, 4) is 0 Å². The first-order valence-electron chi connectivity index (χ1n) is 6.66. The Hall–Kier alpha value is -1.40. The van der Waals surface area contributed by atoms with Crippen LogP contribution in [0.5, 0.6) is 0 Å². The lowest BCUT2D eigenvalue weighted by Gasteiger charge is -2.21. The van der Waals surface area contributed by atoms with E-state index >= 15 is 0 Å². The molecular weight excluding hydrogens is 277 g/mol. The van der Waals surface area contributed by atoms with Crippen LogP contribution in [0.15, 0.2) is 28.8 Å². The molecule has 1 unspecified atom stereocenters. The summed E-state index contributed by atoms with van der Waals surface area (Å²) >= 11 is 1.95. The highest BCUT2D eigenvalue weighted by atomic mass is 32.2. The maximum absolute atomic E-state index is 12.8. The number of rotatable bonds is 4. The van der Waals surface area contributed by atoms with E-state index in [1.54, 1.807) is 12.1 Å². The number of halogens is 1. The molecule has 1 aromatic carbocycles. The van der Waals surface area contributed by atoms with Crippen LogP contribution >= 0.6 is 11.8 Å². The number of hydrogen-bond donors (Lipinski definition) is 1. The van der Waals surface area contributed by atoms with E-state index in [0.717, 1.165) is 30.0 Å². The standard InChI is InChI=1S/C14H16FN3OS/c15-11-3-1-10(2-4-11)7-13-17-14(19-18-13)8-12-9-20-6-5-16-12/h1-4,12,16H,5-9H2. The van der Waals surface area contributed by atoms with Crippen molar-refractivity contribution in [3.05, 3.63) is 47.4 Å². The van der Waals surface area contributed by atoms with Gasteiger partial charge in [-0.05, 0) is 17.7 Å². The predicted octanol–water partition coefficient (Wildman–Crippen LogP) is 2.05. The summed E-state index contributed by atoms with van der Waals surface area (Å²) in [5, 5.41) is 7.43. The van der Waals surface area contributed by atoms with Crippen LogP contribution in [0.1, 0.15) is 17.3 Å². The van der Waals surface area contributed by atoms with E-state index in [1.165, 1.54) is 12.1 Å². The first kappa shape index (κ1) is 13.6. The molecule has 3 rings (SSSR count). The zero-order chi connectivity index (χ0) is 13.8. The molecule has 1 fully saturated rings. The third-order valence-corrected chi connectivity index (χ3v) is 4.34. The van der Waals surface area contributed by atoms with E-state index in [1.807, 2.05) is 11.8 Å². The molecule has 1 N–H and O–H groups in total. The summed E-state index contributed by atoms with van der Waals surface area (Å²) in [4.78, 5) is 4.40. The molecule has 106 valence electrons. The Labute approximate surface area is 121 Å². The second-order valence-electron chi connectivity index (χ2n) is 4.84. The molecule has 1 aliphatic heterocycles. The molecule has 1 aliphatic rings. The lowest BCUT2D eigenvalue weighted by atomic mass is 10.1. The fraction of sp³-hybridized carbons (Fsp3) is 0.429. The zero-order valence-electron chi connectivity index (χ0n) is 11.0. The van der Waals surface area contributed by atoms with Crippen molar-refractivity contribution < 1.29 is 8.91 Å². The van der Waals surface area contributed by atoms with E-state index in [4.69, 9.17) is 4.52 Å². The molecule has 0 radical (unpaired) electrons. The Morgan fingerprint density at radius 1 is 1.35 bits per heavy atom. The van der Waals surface area contributed by atoms with Gasteiger partial charge < -0.3 is 9.84 Å². The Bertz CT molecular complexity index is 552. The summed E-state index contributed by atoms with van der Waals surface area (Å²) < 4.78 is 18.1. The summed E-state index contributed by atoms with van der Waals surface area (Å²) in [5.41, 5.74) is 0.977. The molecule has 4 nitrogen and oxygen atoms in total. The molecule has 6 heteroatoms. The molecule has 1 aromatic heterocycles. The Morgan fingerprint density at radius 2 is 2.20 bits per heavy atom. The lowest BCUT2D eigenvalue weighted by molar-refractivity contribution is 0.359. The van der Waals surface area contributed by atoms with E-state index in [2.05, 4.69) is 15.5 Å². The lowest BCUT2D eigenvalue weighted by Crippen LogP contribution is -2.38. The van der Waals surface area contributed by atoms with Crippen LogP contribution in [-0.4, -0.2) is 34.2 Å². The highest BCUT2D eigenvalue weighted by Crippen LogP contribution is 2.13. The Balaban J connectivity index is 1.60. The first-order chi connectivity index (χ1) is 9.79. The quantitative estimate of drug-likeness (QED) is 0.935. The van der Waals surface area contributed by atoms with Gasteiger partial charge >= 0.3 is 0 Å². The van der Waals surface area contributed by atoms with Crippen molar-refractivity contribution in [3.63, 3.8) is 0 Å². The van der Waals surface area contributed by atoms with Crippen molar-refractivity contribution >= 4 is 11.8 Å². The molecule has 0 bridgehead atoms.